The summed E-state index contributed by atoms with van der Waals surface area (Å²) in [6.07, 6.45) is 1.53. The minimum Gasteiger partial charge on any atom is -0.368 e. The standard InChI is InChI=1S/C14H18BrN5/c1-9-5-11(3-4-12(9)15)20-14-6-13(18-8-19-14)17-7-10(2)16/h3-6,8,10H,7,16H2,1-2H3,(H2,17,18,19,20). The molecule has 4 N–H and O–H groups in total. The molecule has 0 aliphatic heterocycles. The lowest BCUT2D eigenvalue weighted by Gasteiger charge is -2.10. The van der Waals surface area contributed by atoms with Crippen LogP contribution in [0.1, 0.15) is 12.5 Å². The normalized spacial score (nSPS) is 12.0. The number of nitrogens with zero attached hydrogens (tertiary/aromatic N) is 2. The summed E-state index contributed by atoms with van der Waals surface area (Å²) in [5.41, 5.74) is 7.86. The van der Waals surface area contributed by atoms with Crippen molar-refractivity contribution < 1.29 is 0 Å². The second-order valence-corrected chi connectivity index (χ2v) is 5.59. The summed E-state index contributed by atoms with van der Waals surface area (Å²) < 4.78 is 1.09. The van der Waals surface area contributed by atoms with Crippen LogP contribution >= 0.6 is 15.9 Å². The molecule has 106 valence electrons. The zero-order chi connectivity index (χ0) is 14.5. The van der Waals surface area contributed by atoms with E-state index in [-0.39, 0.29) is 6.04 Å². The monoisotopic (exact) mass is 335 g/mol. The Morgan fingerprint density at radius 2 is 2.00 bits per heavy atom. The summed E-state index contributed by atoms with van der Waals surface area (Å²) in [6, 6.07) is 8.00. The predicted octanol–water partition coefficient (Wildman–Crippen LogP) is 3.05. The van der Waals surface area contributed by atoms with Crippen LogP contribution in [-0.4, -0.2) is 22.6 Å². The lowest BCUT2D eigenvalue weighted by atomic mass is 10.2. The number of rotatable bonds is 5. The Labute approximate surface area is 127 Å². The van der Waals surface area contributed by atoms with E-state index >= 15 is 0 Å². The number of nitrogens with one attached hydrogen (secondary N) is 2. The van der Waals surface area contributed by atoms with Gasteiger partial charge in [0.15, 0.2) is 0 Å². The molecule has 2 rings (SSSR count). The molecule has 0 aliphatic rings. The van der Waals surface area contributed by atoms with Crippen LogP contribution in [0.25, 0.3) is 0 Å². The van der Waals surface area contributed by atoms with Crippen LogP contribution in [-0.2, 0) is 0 Å². The lowest BCUT2D eigenvalue weighted by molar-refractivity contribution is 0.777. The van der Waals surface area contributed by atoms with Gasteiger partial charge in [-0.1, -0.05) is 15.9 Å². The number of aryl methyl sites for hydroxylation is 1. The van der Waals surface area contributed by atoms with Crippen LogP contribution in [0.15, 0.2) is 35.1 Å². The number of nitrogens with two attached hydrogens (primary N) is 1. The van der Waals surface area contributed by atoms with E-state index in [4.69, 9.17) is 5.73 Å². The van der Waals surface area contributed by atoms with Gasteiger partial charge in [-0.15, -0.1) is 0 Å². The minimum absolute atomic E-state index is 0.0792. The summed E-state index contributed by atoms with van der Waals surface area (Å²) in [4.78, 5) is 8.37. The van der Waals surface area contributed by atoms with Crippen LogP contribution in [0.5, 0.6) is 0 Å². The SMILES string of the molecule is Cc1cc(Nc2cc(NCC(C)N)ncn2)ccc1Br. The van der Waals surface area contributed by atoms with Crippen molar-refractivity contribution in [2.75, 3.05) is 17.2 Å². The predicted molar refractivity (Wildman–Crippen MR) is 86.3 cm³/mol. The summed E-state index contributed by atoms with van der Waals surface area (Å²) in [7, 11) is 0. The Morgan fingerprint density at radius 1 is 1.25 bits per heavy atom. The Bertz CT molecular complexity index is 586. The fourth-order valence-electron chi connectivity index (χ4n) is 1.66. The first-order valence-electron chi connectivity index (χ1n) is 6.39. The Hall–Kier alpha value is -1.66. The van der Waals surface area contributed by atoms with E-state index in [1.165, 1.54) is 11.9 Å². The quantitative estimate of drug-likeness (QED) is 0.782. The molecule has 0 saturated heterocycles. The van der Waals surface area contributed by atoms with Crippen molar-refractivity contribution in [3.63, 3.8) is 0 Å². The topological polar surface area (TPSA) is 75.9 Å². The van der Waals surface area contributed by atoms with Crippen LogP contribution in [0, 0.1) is 6.92 Å². The van der Waals surface area contributed by atoms with Gasteiger partial charge in [0.1, 0.15) is 18.0 Å². The van der Waals surface area contributed by atoms with E-state index in [2.05, 4.69) is 42.6 Å². The highest BCUT2D eigenvalue weighted by atomic mass is 79.9. The van der Waals surface area contributed by atoms with Crippen molar-refractivity contribution in [1.82, 2.24) is 9.97 Å². The molecule has 0 bridgehead atoms. The van der Waals surface area contributed by atoms with Crippen molar-refractivity contribution in [3.8, 4) is 0 Å². The number of hydrogen-bond acceptors (Lipinski definition) is 5. The molecule has 6 heteroatoms. The second-order valence-electron chi connectivity index (χ2n) is 4.74. The molecule has 2 aromatic rings. The summed E-state index contributed by atoms with van der Waals surface area (Å²) in [5.74, 6) is 1.50. The fraction of sp³-hybridized carbons (Fsp3) is 0.286. The van der Waals surface area contributed by atoms with Crippen molar-refractivity contribution in [1.29, 1.82) is 0 Å². The number of anilines is 3. The third-order valence-electron chi connectivity index (χ3n) is 2.70. The van der Waals surface area contributed by atoms with E-state index in [1.807, 2.05) is 32.0 Å². The Kier molecular flexibility index (Phi) is 4.92. The van der Waals surface area contributed by atoms with E-state index in [9.17, 15) is 0 Å². The highest BCUT2D eigenvalue weighted by Crippen LogP contribution is 2.22. The van der Waals surface area contributed by atoms with Crippen molar-refractivity contribution in [3.05, 3.63) is 40.6 Å². The first-order chi connectivity index (χ1) is 9.54. The average molecular weight is 336 g/mol. The summed E-state index contributed by atoms with van der Waals surface area (Å²) in [5, 5.41) is 6.42. The minimum atomic E-state index is 0.0792. The van der Waals surface area contributed by atoms with Gasteiger partial charge in [-0.25, -0.2) is 9.97 Å². The number of hydrogen-bond donors (Lipinski definition) is 3. The van der Waals surface area contributed by atoms with Gasteiger partial charge in [0.2, 0.25) is 0 Å². The molecular weight excluding hydrogens is 318 g/mol. The van der Waals surface area contributed by atoms with Gasteiger partial charge in [0.25, 0.3) is 0 Å². The molecule has 1 atom stereocenters. The number of benzene rings is 1. The Balaban J connectivity index is 2.08. The van der Waals surface area contributed by atoms with Crippen LogP contribution < -0.4 is 16.4 Å². The molecule has 1 heterocycles. The Morgan fingerprint density at radius 3 is 2.70 bits per heavy atom. The number of halogens is 1. The maximum atomic E-state index is 5.71. The van der Waals surface area contributed by atoms with E-state index in [0.717, 1.165) is 21.8 Å². The molecule has 0 aliphatic carbocycles. The molecule has 0 radical (unpaired) electrons. The molecule has 1 aromatic heterocycles. The van der Waals surface area contributed by atoms with Gasteiger partial charge in [-0.05, 0) is 37.6 Å². The van der Waals surface area contributed by atoms with Gasteiger partial charge >= 0.3 is 0 Å². The third kappa shape index (κ3) is 4.18. The highest BCUT2D eigenvalue weighted by molar-refractivity contribution is 9.10. The maximum Gasteiger partial charge on any atom is 0.135 e. The molecule has 0 fully saturated rings. The first-order valence-corrected chi connectivity index (χ1v) is 7.18. The summed E-state index contributed by atoms with van der Waals surface area (Å²) in [6.45, 7) is 4.66. The molecular formula is C14H18BrN5. The molecule has 20 heavy (non-hydrogen) atoms. The van der Waals surface area contributed by atoms with Gasteiger partial charge in [-0.3, -0.25) is 0 Å². The van der Waals surface area contributed by atoms with Gasteiger partial charge < -0.3 is 16.4 Å². The molecule has 0 spiro atoms. The number of aromatic nitrogens is 2. The third-order valence-corrected chi connectivity index (χ3v) is 3.59. The molecule has 0 saturated carbocycles. The van der Waals surface area contributed by atoms with Crippen LogP contribution in [0.3, 0.4) is 0 Å². The van der Waals surface area contributed by atoms with Crippen molar-refractivity contribution in [2.24, 2.45) is 5.73 Å². The highest BCUT2D eigenvalue weighted by Gasteiger charge is 2.02. The molecule has 5 nitrogen and oxygen atoms in total. The maximum absolute atomic E-state index is 5.71. The zero-order valence-electron chi connectivity index (χ0n) is 11.5. The zero-order valence-corrected chi connectivity index (χ0v) is 13.1. The van der Waals surface area contributed by atoms with E-state index in [0.29, 0.717) is 6.54 Å². The van der Waals surface area contributed by atoms with Crippen molar-refractivity contribution >= 4 is 33.3 Å². The largest absolute Gasteiger partial charge is 0.368 e. The smallest absolute Gasteiger partial charge is 0.135 e. The van der Waals surface area contributed by atoms with Gasteiger partial charge in [-0.2, -0.15) is 0 Å². The fourth-order valence-corrected chi connectivity index (χ4v) is 1.90. The van der Waals surface area contributed by atoms with Gasteiger partial charge in [0.05, 0.1) is 0 Å². The van der Waals surface area contributed by atoms with E-state index in [1.54, 1.807) is 0 Å². The van der Waals surface area contributed by atoms with Crippen molar-refractivity contribution in [2.45, 2.75) is 19.9 Å². The van der Waals surface area contributed by atoms with Gasteiger partial charge in [0, 0.05) is 28.8 Å². The molecule has 1 unspecified atom stereocenters. The second kappa shape index (κ2) is 6.67. The molecule has 1 aromatic carbocycles. The average Bonchev–Trinajstić information content (AvgIpc) is 2.41. The van der Waals surface area contributed by atoms with E-state index < -0.39 is 0 Å². The summed E-state index contributed by atoms with van der Waals surface area (Å²) >= 11 is 3.49. The van der Waals surface area contributed by atoms with Crippen LogP contribution in [0.4, 0.5) is 17.3 Å². The lowest BCUT2D eigenvalue weighted by Crippen LogP contribution is -2.25. The van der Waals surface area contributed by atoms with Crippen LogP contribution in [0.2, 0.25) is 0 Å². The first kappa shape index (κ1) is 14.7. The molecule has 0 amide bonds.